The number of rotatable bonds is 7. The number of hydrogen-bond acceptors (Lipinski definition) is 6. The predicted molar refractivity (Wildman–Crippen MR) is 89.2 cm³/mol. The maximum Gasteiger partial charge on any atom is 0.220 e. The molecule has 0 amide bonds. The Balaban J connectivity index is 2.42. The van der Waals surface area contributed by atoms with Crippen LogP contribution in [0.15, 0.2) is 24.3 Å². The highest BCUT2D eigenvalue weighted by molar-refractivity contribution is 8.22. The Morgan fingerprint density at radius 1 is 1.33 bits per heavy atom. The molecule has 1 aromatic carbocycles. The van der Waals surface area contributed by atoms with Crippen molar-refractivity contribution in [2.75, 3.05) is 19.0 Å². The third kappa shape index (κ3) is 6.46. The molecule has 0 radical (unpaired) electrons. The van der Waals surface area contributed by atoms with Crippen LogP contribution in [0.1, 0.15) is 31.1 Å². The topological polar surface area (TPSA) is 55.8 Å². The van der Waals surface area contributed by atoms with Crippen molar-refractivity contribution in [1.82, 2.24) is 0 Å². The van der Waals surface area contributed by atoms with E-state index in [0.29, 0.717) is 34.7 Å². The van der Waals surface area contributed by atoms with Crippen molar-refractivity contribution in [1.29, 1.82) is 0 Å². The summed E-state index contributed by atoms with van der Waals surface area (Å²) in [7, 11) is 0. The lowest BCUT2D eigenvalue weighted by Crippen LogP contribution is -2.30. The van der Waals surface area contributed by atoms with E-state index in [1.54, 1.807) is 24.3 Å². The number of thioether (sulfide) groups is 1. The Bertz CT molecular complexity index is 477. The zero-order chi connectivity index (χ0) is 15.9. The number of hydrogen-bond donors (Lipinski definition) is 1. The highest BCUT2D eigenvalue weighted by Gasteiger charge is 2.24. The Kier molecular flexibility index (Phi) is 7.14. The van der Waals surface area contributed by atoms with Gasteiger partial charge >= 0.3 is 0 Å². The summed E-state index contributed by atoms with van der Waals surface area (Å²) < 4.78 is 11.2. The molecule has 0 bridgehead atoms. The van der Waals surface area contributed by atoms with Gasteiger partial charge in [0.15, 0.2) is 5.78 Å². The predicted octanol–water partition coefficient (Wildman–Crippen LogP) is 3.07. The Morgan fingerprint density at radius 2 is 1.95 bits per heavy atom. The van der Waals surface area contributed by atoms with Crippen molar-refractivity contribution < 1.29 is 19.4 Å². The summed E-state index contributed by atoms with van der Waals surface area (Å²) in [6, 6.07) is 6.72. The Hall–Kier alpha value is -1.11. The van der Waals surface area contributed by atoms with Gasteiger partial charge in [-0.3, -0.25) is 4.79 Å². The van der Waals surface area contributed by atoms with E-state index >= 15 is 0 Å². The van der Waals surface area contributed by atoms with Crippen LogP contribution in [0.2, 0.25) is 0 Å². The molecular formula is C15H20O4S2. The van der Waals surface area contributed by atoms with Crippen LogP contribution in [-0.2, 0) is 4.74 Å². The lowest BCUT2D eigenvalue weighted by Gasteiger charge is -2.15. The van der Waals surface area contributed by atoms with Gasteiger partial charge in [0.05, 0.1) is 13.2 Å². The largest absolute Gasteiger partial charge is 0.493 e. The first kappa shape index (κ1) is 17.9. The van der Waals surface area contributed by atoms with Gasteiger partial charge in [-0.05, 0) is 57.3 Å². The fourth-order valence-electron chi connectivity index (χ4n) is 1.50. The number of Topliss-reactive ketones (excluding diaryl/α,β-unsaturated/α-hetero) is 1. The van der Waals surface area contributed by atoms with E-state index < -0.39 is 5.60 Å². The maximum atomic E-state index is 11.9. The quantitative estimate of drug-likeness (QED) is 0.472. The first-order chi connectivity index (χ1) is 9.84. The highest BCUT2D eigenvalue weighted by atomic mass is 32.2. The Labute approximate surface area is 134 Å². The van der Waals surface area contributed by atoms with Gasteiger partial charge in [-0.25, -0.2) is 0 Å². The van der Waals surface area contributed by atoms with Crippen molar-refractivity contribution in [2.24, 2.45) is 0 Å². The molecule has 116 valence electrons. The molecule has 0 aromatic heterocycles. The molecule has 1 aromatic rings. The van der Waals surface area contributed by atoms with Gasteiger partial charge in [0.2, 0.25) is 4.38 Å². The lowest BCUT2D eigenvalue weighted by molar-refractivity contribution is 0.0488. The third-order valence-corrected chi connectivity index (χ3v) is 3.70. The van der Waals surface area contributed by atoms with Gasteiger partial charge in [-0.15, -0.1) is 0 Å². The average molecular weight is 328 g/mol. The molecular weight excluding hydrogens is 308 g/mol. The second-order valence-corrected chi connectivity index (χ2v) is 6.49. The van der Waals surface area contributed by atoms with Gasteiger partial charge < -0.3 is 14.6 Å². The summed E-state index contributed by atoms with van der Waals surface area (Å²) in [4.78, 5) is 11.9. The van der Waals surface area contributed by atoms with Gasteiger partial charge in [-0.2, -0.15) is 0 Å². The minimum Gasteiger partial charge on any atom is -0.493 e. The van der Waals surface area contributed by atoms with Crippen LogP contribution >= 0.6 is 24.0 Å². The van der Waals surface area contributed by atoms with Crippen LogP contribution in [-0.4, -0.2) is 39.8 Å². The molecule has 1 N–H and O–H groups in total. The van der Waals surface area contributed by atoms with E-state index in [-0.39, 0.29) is 5.78 Å². The second kappa shape index (κ2) is 8.36. The van der Waals surface area contributed by atoms with Crippen molar-refractivity contribution in [3.05, 3.63) is 29.8 Å². The number of ether oxygens (including phenoxy) is 2. The number of thiocarbonyl (C=S) groups is 1. The minimum absolute atomic E-state index is 0.313. The molecule has 0 aliphatic carbocycles. The van der Waals surface area contributed by atoms with Crippen molar-refractivity contribution in [3.8, 4) is 5.75 Å². The number of carbonyl (C=O) groups is 1. The third-order valence-electron chi connectivity index (χ3n) is 2.51. The number of carbonyl (C=O) groups excluding carboxylic acids is 1. The van der Waals surface area contributed by atoms with E-state index in [1.807, 2.05) is 6.92 Å². The van der Waals surface area contributed by atoms with E-state index in [0.717, 1.165) is 0 Å². The van der Waals surface area contributed by atoms with Crippen molar-refractivity contribution in [2.45, 2.75) is 26.4 Å². The molecule has 1 rings (SSSR count). The maximum absolute atomic E-state index is 11.9. The van der Waals surface area contributed by atoms with Crippen LogP contribution in [0.4, 0.5) is 0 Å². The fourth-order valence-corrected chi connectivity index (χ4v) is 2.40. The van der Waals surface area contributed by atoms with Gasteiger partial charge in [0, 0.05) is 11.3 Å². The molecule has 6 heteroatoms. The van der Waals surface area contributed by atoms with Crippen molar-refractivity contribution >= 4 is 34.1 Å². The second-order valence-electron chi connectivity index (χ2n) is 4.79. The number of aliphatic hydroxyl groups is 1. The summed E-state index contributed by atoms with van der Waals surface area (Å²) in [5.41, 5.74) is -0.907. The molecule has 0 spiro atoms. The number of ketones is 1. The minimum atomic E-state index is -1.37. The Morgan fingerprint density at radius 3 is 2.48 bits per heavy atom. The molecule has 0 aliphatic heterocycles. The van der Waals surface area contributed by atoms with E-state index in [1.165, 1.54) is 25.6 Å². The van der Waals surface area contributed by atoms with Gasteiger partial charge in [0.1, 0.15) is 11.4 Å². The zero-order valence-electron chi connectivity index (χ0n) is 12.4. The van der Waals surface area contributed by atoms with Gasteiger partial charge in [-0.1, -0.05) is 11.8 Å². The zero-order valence-corrected chi connectivity index (χ0v) is 14.1. The standard InChI is InChI=1S/C15H20O4S2/c1-4-18-14(20)21-10-9-19-12-7-5-11(6-8-12)13(16)15(2,3)17/h5-8,17H,4,9-10H2,1-3H3. The van der Waals surface area contributed by atoms with Crippen LogP contribution in [0.5, 0.6) is 5.75 Å². The van der Waals surface area contributed by atoms with Crippen LogP contribution in [0.3, 0.4) is 0 Å². The molecule has 0 saturated carbocycles. The molecule has 21 heavy (non-hydrogen) atoms. The molecule has 0 aliphatic rings. The van der Waals surface area contributed by atoms with Gasteiger partial charge in [0.25, 0.3) is 0 Å². The van der Waals surface area contributed by atoms with E-state index in [9.17, 15) is 9.90 Å². The van der Waals surface area contributed by atoms with Crippen LogP contribution in [0.25, 0.3) is 0 Å². The summed E-state index contributed by atoms with van der Waals surface area (Å²) >= 11 is 6.42. The highest BCUT2D eigenvalue weighted by Crippen LogP contribution is 2.17. The average Bonchev–Trinajstić information content (AvgIpc) is 2.43. The summed E-state index contributed by atoms with van der Waals surface area (Å²) in [5.74, 6) is 1.06. The summed E-state index contributed by atoms with van der Waals surface area (Å²) in [5, 5.41) is 9.67. The fraction of sp³-hybridized carbons (Fsp3) is 0.467. The first-order valence-electron chi connectivity index (χ1n) is 6.64. The molecule has 0 fully saturated rings. The van der Waals surface area contributed by atoms with Crippen LogP contribution < -0.4 is 4.74 Å². The molecule has 0 heterocycles. The first-order valence-corrected chi connectivity index (χ1v) is 8.03. The summed E-state index contributed by atoms with van der Waals surface area (Å²) in [6.07, 6.45) is 0. The molecule has 4 nitrogen and oxygen atoms in total. The molecule has 0 unspecified atom stereocenters. The smallest absolute Gasteiger partial charge is 0.220 e. The monoisotopic (exact) mass is 328 g/mol. The van der Waals surface area contributed by atoms with Crippen LogP contribution in [0, 0.1) is 0 Å². The van der Waals surface area contributed by atoms with E-state index in [4.69, 9.17) is 21.7 Å². The summed E-state index contributed by atoms with van der Waals surface area (Å²) in [6.45, 7) is 5.90. The molecule has 0 atom stereocenters. The molecule has 0 saturated heterocycles. The SMILES string of the molecule is CCOC(=S)SCCOc1ccc(C(=O)C(C)(C)O)cc1. The lowest BCUT2D eigenvalue weighted by atomic mass is 9.97. The van der Waals surface area contributed by atoms with E-state index in [2.05, 4.69) is 0 Å². The number of benzene rings is 1. The normalized spacial score (nSPS) is 11.0. The van der Waals surface area contributed by atoms with Crippen molar-refractivity contribution in [3.63, 3.8) is 0 Å².